The Kier molecular flexibility index (Phi) is 5.10. The summed E-state index contributed by atoms with van der Waals surface area (Å²) < 4.78 is 0. The van der Waals surface area contributed by atoms with Gasteiger partial charge in [0.05, 0.1) is 5.70 Å². The molecule has 5 heteroatoms. The van der Waals surface area contributed by atoms with E-state index < -0.39 is 0 Å². The van der Waals surface area contributed by atoms with Gasteiger partial charge in [-0.1, -0.05) is 0 Å². The van der Waals surface area contributed by atoms with Crippen molar-refractivity contribution in [1.29, 1.82) is 0 Å². The van der Waals surface area contributed by atoms with E-state index in [4.69, 9.17) is 11.6 Å². The molecule has 0 saturated carbocycles. The number of thiol groups is 1. The van der Waals surface area contributed by atoms with Gasteiger partial charge >= 0.3 is 0 Å². The number of nitrogens with two attached hydrogens (primary N) is 2. The summed E-state index contributed by atoms with van der Waals surface area (Å²) in [5.74, 6) is 5.77. The Hall–Kier alpha value is -0.390. The van der Waals surface area contributed by atoms with Crippen molar-refractivity contribution < 1.29 is 0 Å². The Bertz CT molecular complexity index is 144. The van der Waals surface area contributed by atoms with E-state index in [1.54, 1.807) is 0 Å². The fraction of sp³-hybridized carbons (Fsp3) is 0.667. The van der Waals surface area contributed by atoms with Crippen molar-refractivity contribution in [2.45, 2.75) is 0 Å². The van der Waals surface area contributed by atoms with Gasteiger partial charge in [-0.3, -0.25) is 5.84 Å². The second-order valence-electron chi connectivity index (χ2n) is 2.54. The predicted molar refractivity (Wildman–Crippen MR) is 50.9 cm³/mol. The molecule has 0 aromatic carbocycles. The molecule has 0 aliphatic heterocycles. The molecular formula is C6H16N4S. The monoisotopic (exact) mass is 176 g/mol. The van der Waals surface area contributed by atoms with Gasteiger partial charge in [-0.05, 0) is 14.1 Å². The first kappa shape index (κ1) is 10.6. The summed E-state index contributed by atoms with van der Waals surface area (Å²) in [6.45, 7) is 0.711. The number of nitrogens with one attached hydrogen (secondary N) is 1. The molecule has 0 heterocycles. The Morgan fingerprint density at radius 3 is 2.36 bits per heavy atom. The Morgan fingerprint density at radius 1 is 1.55 bits per heavy atom. The number of hydrazine groups is 1. The van der Waals surface area contributed by atoms with Crippen LogP contribution in [0.4, 0.5) is 0 Å². The molecule has 0 bridgehead atoms. The van der Waals surface area contributed by atoms with Crippen molar-refractivity contribution in [2.24, 2.45) is 11.6 Å². The molecule has 11 heavy (non-hydrogen) atoms. The lowest BCUT2D eigenvalue weighted by atomic mass is 10.3. The number of likely N-dealkylation sites (N-methyl/N-ethyl adjacent to an activating group) is 1. The average molecular weight is 176 g/mol. The molecule has 0 unspecified atom stereocenters. The maximum atomic E-state index is 5.61. The summed E-state index contributed by atoms with van der Waals surface area (Å²) in [5.41, 5.74) is 9.67. The molecule has 0 fully saturated rings. The minimum Gasteiger partial charge on any atom is -0.400 e. The van der Waals surface area contributed by atoms with E-state index >= 15 is 0 Å². The van der Waals surface area contributed by atoms with Crippen LogP contribution in [0.5, 0.6) is 0 Å². The van der Waals surface area contributed by atoms with Gasteiger partial charge in [-0.25, -0.2) is 0 Å². The van der Waals surface area contributed by atoms with Crippen molar-refractivity contribution >= 4 is 12.6 Å². The highest BCUT2D eigenvalue weighted by molar-refractivity contribution is 7.80. The van der Waals surface area contributed by atoms with Gasteiger partial charge in [-0.2, -0.15) is 12.6 Å². The van der Waals surface area contributed by atoms with E-state index in [1.165, 1.54) is 0 Å². The Labute approximate surface area is 73.0 Å². The van der Waals surface area contributed by atoms with Crippen molar-refractivity contribution in [2.75, 3.05) is 26.4 Å². The molecule has 0 radical (unpaired) electrons. The lowest BCUT2D eigenvalue weighted by Crippen LogP contribution is -2.32. The average Bonchev–Trinajstić information content (AvgIpc) is 1.98. The van der Waals surface area contributed by atoms with Crippen LogP contribution in [-0.4, -0.2) is 31.3 Å². The van der Waals surface area contributed by atoms with E-state index in [-0.39, 0.29) is 0 Å². The minimum atomic E-state index is 0.521. The van der Waals surface area contributed by atoms with E-state index in [0.29, 0.717) is 18.0 Å². The minimum absolute atomic E-state index is 0.521. The van der Waals surface area contributed by atoms with Crippen LogP contribution in [0.15, 0.2) is 11.4 Å². The molecule has 5 N–H and O–H groups in total. The highest BCUT2D eigenvalue weighted by Crippen LogP contribution is 1.96. The molecule has 0 aliphatic carbocycles. The molecule has 0 aromatic rings. The number of hydrogen-bond acceptors (Lipinski definition) is 5. The van der Waals surface area contributed by atoms with Gasteiger partial charge in [0.1, 0.15) is 0 Å². The van der Waals surface area contributed by atoms with Crippen LogP contribution in [0.2, 0.25) is 0 Å². The zero-order valence-corrected chi connectivity index (χ0v) is 7.86. The Morgan fingerprint density at radius 2 is 2.09 bits per heavy atom. The second kappa shape index (κ2) is 5.29. The number of nitrogens with zero attached hydrogens (tertiary/aromatic N) is 1. The SMILES string of the molecule is CN(C)C/C(NN)=C(/N)CS. The van der Waals surface area contributed by atoms with E-state index in [0.717, 1.165) is 5.70 Å². The summed E-state index contributed by atoms with van der Waals surface area (Å²) in [6, 6.07) is 0. The molecule has 0 aromatic heterocycles. The van der Waals surface area contributed by atoms with Crippen LogP contribution < -0.4 is 17.0 Å². The maximum absolute atomic E-state index is 5.61. The predicted octanol–water partition coefficient (Wildman–Crippen LogP) is -0.889. The van der Waals surface area contributed by atoms with Gasteiger partial charge < -0.3 is 16.1 Å². The second-order valence-corrected chi connectivity index (χ2v) is 2.86. The molecule has 66 valence electrons. The number of rotatable bonds is 4. The third kappa shape index (κ3) is 4.13. The lowest BCUT2D eigenvalue weighted by molar-refractivity contribution is 0.431. The van der Waals surface area contributed by atoms with Crippen LogP contribution in [-0.2, 0) is 0 Å². The maximum Gasteiger partial charge on any atom is 0.0594 e. The zero-order valence-electron chi connectivity index (χ0n) is 6.96. The smallest absolute Gasteiger partial charge is 0.0594 e. The first-order valence-corrected chi connectivity index (χ1v) is 3.94. The third-order valence-electron chi connectivity index (χ3n) is 1.21. The third-order valence-corrected chi connectivity index (χ3v) is 1.55. The zero-order chi connectivity index (χ0) is 8.85. The normalized spacial score (nSPS) is 13.2. The highest BCUT2D eigenvalue weighted by Gasteiger charge is 2.00. The summed E-state index contributed by atoms with van der Waals surface area (Å²) in [7, 11) is 3.90. The van der Waals surface area contributed by atoms with Crippen molar-refractivity contribution in [1.82, 2.24) is 10.3 Å². The molecule has 0 saturated heterocycles. The summed E-state index contributed by atoms with van der Waals surface area (Å²) in [4.78, 5) is 1.98. The number of hydrogen-bond donors (Lipinski definition) is 4. The summed E-state index contributed by atoms with van der Waals surface area (Å²) >= 11 is 4.03. The molecular weight excluding hydrogens is 160 g/mol. The van der Waals surface area contributed by atoms with Crippen LogP contribution in [0.3, 0.4) is 0 Å². The summed E-state index contributed by atoms with van der Waals surface area (Å²) in [6.07, 6.45) is 0. The fourth-order valence-electron chi connectivity index (χ4n) is 0.652. The van der Waals surface area contributed by atoms with Crippen molar-refractivity contribution in [3.05, 3.63) is 11.4 Å². The lowest BCUT2D eigenvalue weighted by Gasteiger charge is -2.14. The van der Waals surface area contributed by atoms with Gasteiger partial charge in [0, 0.05) is 18.0 Å². The first-order chi connectivity index (χ1) is 5.11. The van der Waals surface area contributed by atoms with E-state index in [1.807, 2.05) is 19.0 Å². The molecule has 4 nitrogen and oxygen atoms in total. The van der Waals surface area contributed by atoms with Crippen LogP contribution in [0.25, 0.3) is 0 Å². The van der Waals surface area contributed by atoms with E-state index in [2.05, 4.69) is 18.1 Å². The summed E-state index contributed by atoms with van der Waals surface area (Å²) in [5, 5.41) is 0. The quantitative estimate of drug-likeness (QED) is 0.255. The van der Waals surface area contributed by atoms with Crippen molar-refractivity contribution in [3.63, 3.8) is 0 Å². The van der Waals surface area contributed by atoms with Gasteiger partial charge in [-0.15, -0.1) is 0 Å². The van der Waals surface area contributed by atoms with Crippen molar-refractivity contribution in [3.8, 4) is 0 Å². The largest absolute Gasteiger partial charge is 0.400 e. The molecule has 0 atom stereocenters. The van der Waals surface area contributed by atoms with Crippen LogP contribution in [0.1, 0.15) is 0 Å². The molecule has 0 aliphatic rings. The van der Waals surface area contributed by atoms with E-state index in [9.17, 15) is 0 Å². The highest BCUT2D eigenvalue weighted by atomic mass is 32.1. The standard InChI is InChI=1S/C6H16N4S/c1-10(2)3-6(9-8)5(7)4-11/h9,11H,3-4,7-8H2,1-2H3/b6-5-. The van der Waals surface area contributed by atoms with Gasteiger partial charge in [0.25, 0.3) is 0 Å². The van der Waals surface area contributed by atoms with Gasteiger partial charge in [0.15, 0.2) is 0 Å². The fourth-order valence-corrected chi connectivity index (χ4v) is 0.842. The Balaban J connectivity index is 4.14. The first-order valence-electron chi connectivity index (χ1n) is 3.31. The molecule has 0 amide bonds. The van der Waals surface area contributed by atoms with Crippen LogP contribution >= 0.6 is 12.6 Å². The topological polar surface area (TPSA) is 67.3 Å². The molecule has 0 rings (SSSR count). The van der Waals surface area contributed by atoms with Gasteiger partial charge in [0.2, 0.25) is 0 Å². The molecule has 0 spiro atoms. The van der Waals surface area contributed by atoms with Crippen LogP contribution in [0, 0.1) is 0 Å².